The van der Waals surface area contributed by atoms with Gasteiger partial charge in [0.2, 0.25) is 10.0 Å². The van der Waals surface area contributed by atoms with E-state index in [9.17, 15) is 8.42 Å². The molecule has 1 fully saturated rings. The topological polar surface area (TPSA) is 58.1 Å². The van der Waals surface area contributed by atoms with E-state index in [1.807, 2.05) is 19.3 Å². The molecule has 4 rings (SSSR count). The van der Waals surface area contributed by atoms with E-state index in [2.05, 4.69) is 46.1 Å². The summed E-state index contributed by atoms with van der Waals surface area (Å²) in [4.78, 5) is 3.10. The van der Waals surface area contributed by atoms with Crippen LogP contribution in [-0.4, -0.2) is 39.6 Å². The first-order valence-electron chi connectivity index (χ1n) is 9.90. The molecule has 1 aliphatic heterocycles. The van der Waals surface area contributed by atoms with E-state index in [0.717, 1.165) is 13.0 Å². The highest BCUT2D eigenvalue weighted by Gasteiger charge is 2.43. The molecular weight excluding hydrogens is 370 g/mol. The van der Waals surface area contributed by atoms with Crippen LogP contribution in [0.3, 0.4) is 0 Å². The number of fused-ring (bicyclic) bond motifs is 1. The summed E-state index contributed by atoms with van der Waals surface area (Å²) in [6.45, 7) is 8.81. The van der Waals surface area contributed by atoms with Crippen molar-refractivity contribution >= 4 is 20.9 Å². The summed E-state index contributed by atoms with van der Waals surface area (Å²) >= 11 is 0. The summed E-state index contributed by atoms with van der Waals surface area (Å²) in [5.74, 6) is 0.326. The Morgan fingerprint density at radius 2 is 1.93 bits per heavy atom. The second-order valence-corrected chi connectivity index (χ2v) is 11.6. The third-order valence-electron chi connectivity index (χ3n) is 5.84. The highest BCUT2D eigenvalue weighted by molar-refractivity contribution is 7.90. The van der Waals surface area contributed by atoms with E-state index in [1.165, 1.54) is 22.0 Å². The molecule has 2 atom stereocenters. The first kappa shape index (κ1) is 19.3. The van der Waals surface area contributed by atoms with E-state index in [4.69, 9.17) is 0 Å². The molecule has 28 heavy (non-hydrogen) atoms. The van der Waals surface area contributed by atoms with Crippen LogP contribution in [0.15, 0.2) is 48.9 Å². The predicted molar refractivity (Wildman–Crippen MR) is 115 cm³/mol. The van der Waals surface area contributed by atoms with Crippen LogP contribution in [0.5, 0.6) is 0 Å². The number of hydrogen-bond donors (Lipinski definition) is 1. The molecule has 150 valence electrons. The fourth-order valence-corrected chi connectivity index (χ4v) is 5.92. The van der Waals surface area contributed by atoms with E-state index in [-0.39, 0.29) is 6.04 Å². The Morgan fingerprint density at radius 3 is 2.61 bits per heavy atom. The van der Waals surface area contributed by atoms with Crippen LogP contribution in [-0.2, 0) is 16.6 Å². The number of rotatable bonds is 4. The van der Waals surface area contributed by atoms with Crippen molar-refractivity contribution < 1.29 is 8.42 Å². The van der Waals surface area contributed by atoms with Crippen molar-refractivity contribution in [2.75, 3.05) is 6.54 Å². The van der Waals surface area contributed by atoms with Gasteiger partial charge in [0.1, 0.15) is 0 Å². The zero-order valence-corrected chi connectivity index (χ0v) is 17.8. The predicted octanol–water partition coefficient (Wildman–Crippen LogP) is 4.48. The number of nitrogens with zero attached hydrogens (tertiary/aromatic N) is 2. The van der Waals surface area contributed by atoms with Crippen molar-refractivity contribution in [3.05, 3.63) is 48.9 Å². The van der Waals surface area contributed by atoms with Crippen LogP contribution >= 0.6 is 0 Å². The molecular formula is C22H29N3O2S. The SMILES string of the molecule is C[C@H]1CC(Cn2ccc3cc(-c4cc[nH]c4)ccc32)CN1S(=O)(=O)C(C)(C)C. The van der Waals surface area contributed by atoms with Gasteiger partial charge >= 0.3 is 0 Å². The first-order valence-corrected chi connectivity index (χ1v) is 11.3. The van der Waals surface area contributed by atoms with Crippen LogP contribution < -0.4 is 0 Å². The molecule has 0 bridgehead atoms. The maximum atomic E-state index is 12.9. The van der Waals surface area contributed by atoms with Gasteiger partial charge in [-0.05, 0) is 75.4 Å². The third kappa shape index (κ3) is 3.29. The lowest BCUT2D eigenvalue weighted by molar-refractivity contribution is 0.384. The molecule has 1 aliphatic rings. The van der Waals surface area contributed by atoms with Crippen molar-refractivity contribution in [1.82, 2.24) is 13.9 Å². The lowest BCUT2D eigenvalue weighted by Gasteiger charge is -2.29. The monoisotopic (exact) mass is 399 g/mol. The van der Waals surface area contributed by atoms with Gasteiger partial charge in [-0.1, -0.05) is 6.07 Å². The van der Waals surface area contributed by atoms with Gasteiger partial charge in [0, 0.05) is 48.6 Å². The van der Waals surface area contributed by atoms with Crippen molar-refractivity contribution in [2.45, 2.75) is 51.4 Å². The molecule has 1 saturated heterocycles. The van der Waals surface area contributed by atoms with Crippen molar-refractivity contribution in [1.29, 1.82) is 0 Å². The number of aromatic amines is 1. The second-order valence-electron chi connectivity index (χ2n) is 8.98. The molecule has 1 aromatic carbocycles. The van der Waals surface area contributed by atoms with Crippen molar-refractivity contribution in [3.63, 3.8) is 0 Å². The van der Waals surface area contributed by atoms with E-state index >= 15 is 0 Å². The minimum Gasteiger partial charge on any atom is -0.367 e. The average molecular weight is 400 g/mol. The molecule has 0 aliphatic carbocycles. The molecule has 0 spiro atoms. The molecule has 6 heteroatoms. The maximum absolute atomic E-state index is 12.9. The van der Waals surface area contributed by atoms with Crippen LogP contribution in [0.1, 0.15) is 34.1 Å². The van der Waals surface area contributed by atoms with Gasteiger partial charge in [-0.25, -0.2) is 8.42 Å². The normalized spacial score (nSPS) is 21.6. The zero-order valence-electron chi connectivity index (χ0n) is 17.0. The third-order valence-corrected chi connectivity index (χ3v) is 8.52. The lowest BCUT2D eigenvalue weighted by Crippen LogP contribution is -2.44. The van der Waals surface area contributed by atoms with E-state index in [1.54, 1.807) is 25.1 Å². The van der Waals surface area contributed by atoms with E-state index in [0.29, 0.717) is 12.5 Å². The number of nitrogens with one attached hydrogen (secondary N) is 1. The van der Waals surface area contributed by atoms with Gasteiger partial charge in [0.25, 0.3) is 0 Å². The number of aromatic nitrogens is 2. The Kier molecular flexibility index (Phi) is 4.67. The fourth-order valence-electron chi connectivity index (χ4n) is 4.25. The standard InChI is InChI=1S/C22H29N3O2S/c1-16-11-17(15-25(16)28(26,27)22(2,3)4)14-24-10-8-19-12-18(5-6-21(19)24)20-7-9-23-13-20/h5-10,12-13,16-17,23H,11,14-15H2,1-4H3/t16-,17?/m0/s1. The Hall–Kier alpha value is -2.05. The molecule has 3 aromatic rings. The fraction of sp³-hybridized carbons (Fsp3) is 0.455. The van der Waals surface area contributed by atoms with Gasteiger partial charge in [-0.15, -0.1) is 0 Å². The summed E-state index contributed by atoms with van der Waals surface area (Å²) in [6.07, 6.45) is 6.96. The second kappa shape index (κ2) is 6.78. The average Bonchev–Trinajstić information content (AvgIpc) is 3.34. The van der Waals surface area contributed by atoms with Crippen LogP contribution in [0.4, 0.5) is 0 Å². The highest BCUT2D eigenvalue weighted by atomic mass is 32.2. The summed E-state index contributed by atoms with van der Waals surface area (Å²) in [5, 5.41) is 1.21. The largest absolute Gasteiger partial charge is 0.367 e. The minimum absolute atomic E-state index is 0.0521. The summed E-state index contributed by atoms with van der Waals surface area (Å²) in [5.41, 5.74) is 3.58. The van der Waals surface area contributed by atoms with Crippen LogP contribution in [0, 0.1) is 5.92 Å². The van der Waals surface area contributed by atoms with Gasteiger partial charge in [-0.2, -0.15) is 4.31 Å². The maximum Gasteiger partial charge on any atom is 0.219 e. The Labute approximate surface area is 167 Å². The van der Waals surface area contributed by atoms with Gasteiger partial charge in [0.05, 0.1) is 4.75 Å². The molecule has 1 N–H and O–H groups in total. The number of H-pyrrole nitrogens is 1. The highest BCUT2D eigenvalue weighted by Crippen LogP contribution is 2.33. The minimum atomic E-state index is -3.29. The van der Waals surface area contributed by atoms with Crippen molar-refractivity contribution in [2.24, 2.45) is 5.92 Å². The summed E-state index contributed by atoms with van der Waals surface area (Å²) < 4.78 is 29.0. The van der Waals surface area contributed by atoms with Crippen LogP contribution in [0.25, 0.3) is 22.0 Å². The number of hydrogen-bond acceptors (Lipinski definition) is 2. The quantitative estimate of drug-likeness (QED) is 0.703. The van der Waals surface area contributed by atoms with Crippen LogP contribution in [0.2, 0.25) is 0 Å². The Morgan fingerprint density at radius 1 is 1.14 bits per heavy atom. The van der Waals surface area contributed by atoms with Gasteiger partial charge in [0.15, 0.2) is 0 Å². The van der Waals surface area contributed by atoms with Crippen molar-refractivity contribution in [3.8, 4) is 11.1 Å². The molecule has 1 unspecified atom stereocenters. The summed E-state index contributed by atoms with van der Waals surface area (Å²) in [6, 6.07) is 10.8. The lowest BCUT2D eigenvalue weighted by atomic mass is 10.1. The zero-order chi connectivity index (χ0) is 20.1. The molecule has 0 saturated carbocycles. The molecule has 3 heterocycles. The molecule has 2 aromatic heterocycles. The first-order chi connectivity index (χ1) is 13.2. The molecule has 5 nitrogen and oxygen atoms in total. The van der Waals surface area contributed by atoms with Gasteiger partial charge in [-0.3, -0.25) is 0 Å². The smallest absolute Gasteiger partial charge is 0.219 e. The number of sulfonamides is 1. The van der Waals surface area contributed by atoms with Gasteiger partial charge < -0.3 is 9.55 Å². The molecule has 0 radical (unpaired) electrons. The summed E-state index contributed by atoms with van der Waals surface area (Å²) in [7, 11) is -3.29. The molecule has 0 amide bonds. The Balaban J connectivity index is 1.54. The van der Waals surface area contributed by atoms with E-state index < -0.39 is 14.8 Å². The number of benzene rings is 1. The Bertz CT molecular complexity index is 1070.